The molecule has 1 saturated carbocycles. The summed E-state index contributed by atoms with van der Waals surface area (Å²) in [7, 11) is 0. The van der Waals surface area contributed by atoms with E-state index in [1.54, 1.807) is 12.4 Å². The highest BCUT2D eigenvalue weighted by atomic mass is 32.1. The van der Waals surface area contributed by atoms with E-state index in [4.69, 9.17) is 22.7 Å². The molecular formula is C13H19N3OS. The molecule has 98 valence electrons. The van der Waals surface area contributed by atoms with Crippen molar-refractivity contribution in [2.75, 3.05) is 0 Å². The van der Waals surface area contributed by atoms with Crippen LogP contribution in [0.25, 0.3) is 0 Å². The topological polar surface area (TPSA) is 61.0 Å². The Morgan fingerprint density at radius 1 is 1.39 bits per heavy atom. The smallest absolute Gasteiger partial charge is 0.243 e. The van der Waals surface area contributed by atoms with Crippen LogP contribution in [0.15, 0.2) is 12.4 Å². The van der Waals surface area contributed by atoms with Gasteiger partial charge in [-0.05, 0) is 31.6 Å². The van der Waals surface area contributed by atoms with Crippen LogP contribution in [0, 0.1) is 5.92 Å². The summed E-state index contributed by atoms with van der Waals surface area (Å²) in [6, 6.07) is 0. The van der Waals surface area contributed by atoms with E-state index in [1.807, 2.05) is 0 Å². The Labute approximate surface area is 113 Å². The molecule has 0 radical (unpaired) electrons. The molecule has 1 aliphatic carbocycles. The second-order valence-corrected chi connectivity index (χ2v) is 5.12. The fourth-order valence-electron chi connectivity index (χ4n) is 2.52. The van der Waals surface area contributed by atoms with Crippen molar-refractivity contribution in [3.63, 3.8) is 0 Å². The SMILES string of the molecule is CCC1CCCCC1Oc1nccnc1C(N)=S. The van der Waals surface area contributed by atoms with Crippen molar-refractivity contribution in [2.45, 2.75) is 45.1 Å². The number of nitrogens with zero attached hydrogens (tertiary/aromatic N) is 2. The largest absolute Gasteiger partial charge is 0.472 e. The lowest BCUT2D eigenvalue weighted by Crippen LogP contribution is -2.31. The van der Waals surface area contributed by atoms with E-state index < -0.39 is 0 Å². The van der Waals surface area contributed by atoms with Crippen LogP contribution < -0.4 is 10.5 Å². The monoisotopic (exact) mass is 265 g/mol. The molecule has 1 aliphatic rings. The predicted molar refractivity (Wildman–Crippen MR) is 74.6 cm³/mol. The molecule has 0 saturated heterocycles. The van der Waals surface area contributed by atoms with Crippen LogP contribution in [0.1, 0.15) is 44.7 Å². The highest BCUT2D eigenvalue weighted by Gasteiger charge is 2.26. The van der Waals surface area contributed by atoms with Crippen molar-refractivity contribution in [1.82, 2.24) is 9.97 Å². The van der Waals surface area contributed by atoms with E-state index >= 15 is 0 Å². The Morgan fingerprint density at radius 3 is 2.83 bits per heavy atom. The minimum atomic E-state index is 0.216. The molecule has 2 unspecified atom stereocenters. The van der Waals surface area contributed by atoms with Gasteiger partial charge in [0, 0.05) is 12.4 Å². The van der Waals surface area contributed by atoms with E-state index in [0.29, 0.717) is 17.5 Å². The zero-order valence-electron chi connectivity index (χ0n) is 10.6. The lowest BCUT2D eigenvalue weighted by atomic mass is 9.85. The molecule has 1 fully saturated rings. The Kier molecular flexibility index (Phi) is 4.47. The van der Waals surface area contributed by atoms with E-state index in [0.717, 1.165) is 12.8 Å². The first kappa shape index (κ1) is 13.2. The molecule has 5 heteroatoms. The maximum Gasteiger partial charge on any atom is 0.243 e. The van der Waals surface area contributed by atoms with E-state index in [1.165, 1.54) is 19.3 Å². The number of aromatic nitrogens is 2. The van der Waals surface area contributed by atoms with Gasteiger partial charge in [0.2, 0.25) is 5.88 Å². The predicted octanol–water partition coefficient (Wildman–Crippen LogP) is 2.46. The molecule has 1 aromatic heterocycles. The van der Waals surface area contributed by atoms with Crippen molar-refractivity contribution in [1.29, 1.82) is 0 Å². The number of hydrogen-bond acceptors (Lipinski definition) is 4. The highest BCUT2D eigenvalue weighted by molar-refractivity contribution is 7.80. The van der Waals surface area contributed by atoms with Crippen LogP contribution in [0.5, 0.6) is 5.88 Å². The first-order valence-electron chi connectivity index (χ1n) is 6.49. The van der Waals surface area contributed by atoms with Crippen molar-refractivity contribution in [2.24, 2.45) is 11.7 Å². The van der Waals surface area contributed by atoms with Gasteiger partial charge in [0.25, 0.3) is 0 Å². The van der Waals surface area contributed by atoms with E-state index in [-0.39, 0.29) is 11.1 Å². The third-order valence-electron chi connectivity index (χ3n) is 3.52. The number of nitrogens with two attached hydrogens (primary N) is 1. The third-order valence-corrected chi connectivity index (χ3v) is 3.72. The molecule has 1 aromatic rings. The van der Waals surface area contributed by atoms with Crippen molar-refractivity contribution < 1.29 is 4.74 Å². The van der Waals surface area contributed by atoms with Gasteiger partial charge >= 0.3 is 0 Å². The standard InChI is InChI=1S/C13H19N3OS/c1-2-9-5-3-4-6-10(9)17-13-11(12(14)18)15-7-8-16-13/h7-10H,2-6H2,1H3,(H2,14,18). The summed E-state index contributed by atoms with van der Waals surface area (Å²) in [6.45, 7) is 2.21. The third kappa shape index (κ3) is 2.96. The molecule has 18 heavy (non-hydrogen) atoms. The average Bonchev–Trinajstić information content (AvgIpc) is 2.40. The Bertz CT molecular complexity index is 424. The second-order valence-electron chi connectivity index (χ2n) is 4.68. The molecule has 0 amide bonds. The summed E-state index contributed by atoms with van der Waals surface area (Å²) >= 11 is 4.97. The maximum atomic E-state index is 6.01. The van der Waals surface area contributed by atoms with Crippen LogP contribution in [-0.4, -0.2) is 21.1 Å². The van der Waals surface area contributed by atoms with Crippen molar-refractivity contribution in [3.05, 3.63) is 18.1 Å². The van der Waals surface area contributed by atoms with Gasteiger partial charge in [0.15, 0.2) is 5.69 Å². The first-order chi connectivity index (χ1) is 8.72. The second kappa shape index (κ2) is 6.09. The van der Waals surface area contributed by atoms with Gasteiger partial charge < -0.3 is 10.5 Å². The summed E-state index contributed by atoms with van der Waals surface area (Å²) in [6.07, 6.45) is 9.35. The number of hydrogen-bond donors (Lipinski definition) is 1. The summed E-state index contributed by atoms with van der Waals surface area (Å²) < 4.78 is 6.01. The lowest BCUT2D eigenvalue weighted by Gasteiger charge is -2.31. The molecule has 1 heterocycles. The minimum absolute atomic E-state index is 0.216. The van der Waals surface area contributed by atoms with Crippen LogP contribution in [0.2, 0.25) is 0 Å². The number of rotatable bonds is 4. The molecule has 4 nitrogen and oxygen atoms in total. The van der Waals surface area contributed by atoms with Crippen molar-refractivity contribution >= 4 is 17.2 Å². The molecule has 0 bridgehead atoms. The van der Waals surface area contributed by atoms with Crippen LogP contribution >= 0.6 is 12.2 Å². The molecule has 0 spiro atoms. The summed E-state index contributed by atoms with van der Waals surface area (Å²) in [4.78, 5) is 8.59. The molecule has 0 aromatic carbocycles. The molecule has 2 rings (SSSR count). The van der Waals surface area contributed by atoms with Crippen molar-refractivity contribution in [3.8, 4) is 5.88 Å². The van der Waals surface area contributed by atoms with Crippen LogP contribution in [0.4, 0.5) is 0 Å². The van der Waals surface area contributed by atoms with Gasteiger partial charge in [-0.15, -0.1) is 0 Å². The van der Waals surface area contributed by atoms with Gasteiger partial charge in [0.1, 0.15) is 11.1 Å². The van der Waals surface area contributed by atoms with Crippen LogP contribution in [0.3, 0.4) is 0 Å². The fraction of sp³-hybridized carbons (Fsp3) is 0.615. The van der Waals surface area contributed by atoms with E-state index in [9.17, 15) is 0 Å². The zero-order valence-corrected chi connectivity index (χ0v) is 11.4. The molecule has 2 N–H and O–H groups in total. The summed E-state index contributed by atoms with van der Waals surface area (Å²) in [5.41, 5.74) is 6.13. The average molecular weight is 265 g/mol. The number of thiocarbonyl (C=S) groups is 1. The minimum Gasteiger partial charge on any atom is -0.472 e. The van der Waals surface area contributed by atoms with Gasteiger partial charge in [0.05, 0.1) is 0 Å². The molecule has 2 atom stereocenters. The highest BCUT2D eigenvalue weighted by Crippen LogP contribution is 2.30. The zero-order chi connectivity index (χ0) is 13.0. The van der Waals surface area contributed by atoms with Crippen LogP contribution in [-0.2, 0) is 0 Å². The Morgan fingerprint density at radius 2 is 2.11 bits per heavy atom. The van der Waals surface area contributed by atoms with Gasteiger partial charge in [-0.1, -0.05) is 25.6 Å². The fourth-order valence-corrected chi connectivity index (χ4v) is 2.66. The normalized spacial score (nSPS) is 23.6. The molecular weight excluding hydrogens is 246 g/mol. The summed E-state index contributed by atoms with van der Waals surface area (Å²) in [5.74, 6) is 1.08. The number of ether oxygens (including phenoxy) is 1. The Balaban J connectivity index is 2.15. The van der Waals surface area contributed by atoms with E-state index in [2.05, 4.69) is 16.9 Å². The van der Waals surface area contributed by atoms with Gasteiger partial charge in [-0.25, -0.2) is 9.97 Å². The molecule has 0 aliphatic heterocycles. The first-order valence-corrected chi connectivity index (χ1v) is 6.90. The van der Waals surface area contributed by atoms with Gasteiger partial charge in [-0.2, -0.15) is 0 Å². The quantitative estimate of drug-likeness (QED) is 0.847. The maximum absolute atomic E-state index is 6.01. The lowest BCUT2D eigenvalue weighted by molar-refractivity contribution is 0.0852. The summed E-state index contributed by atoms with van der Waals surface area (Å²) in [5, 5.41) is 0. The Hall–Kier alpha value is -1.23. The van der Waals surface area contributed by atoms with Gasteiger partial charge in [-0.3, -0.25) is 0 Å².